The predicted octanol–water partition coefficient (Wildman–Crippen LogP) is 5.76. The number of fused-ring (bicyclic) bond motifs is 1. The first-order valence-corrected chi connectivity index (χ1v) is 12.2. The van der Waals surface area contributed by atoms with Crippen molar-refractivity contribution in [2.75, 3.05) is 5.32 Å². The molecule has 9 nitrogen and oxygen atoms in total. The molecule has 1 aromatic carbocycles. The van der Waals surface area contributed by atoms with Crippen molar-refractivity contribution in [2.45, 2.75) is 47.9 Å². The molecule has 0 saturated carbocycles. The average Bonchev–Trinajstić information content (AvgIpc) is 3.57. The highest BCUT2D eigenvalue weighted by molar-refractivity contribution is 6.32. The number of aryl methyl sites for hydroxylation is 4. The van der Waals surface area contributed by atoms with Crippen LogP contribution in [0.2, 0.25) is 5.02 Å². The number of benzene rings is 1. The van der Waals surface area contributed by atoms with Crippen LogP contribution in [0.4, 0.5) is 5.69 Å². The summed E-state index contributed by atoms with van der Waals surface area (Å²) in [4.78, 5) is 17.5. The minimum absolute atomic E-state index is 0.00281. The van der Waals surface area contributed by atoms with Crippen LogP contribution >= 0.6 is 11.6 Å². The topological polar surface area (TPSA) is 100 Å². The molecule has 0 spiro atoms. The summed E-state index contributed by atoms with van der Waals surface area (Å²) in [5, 5.41) is 13.7. The van der Waals surface area contributed by atoms with Gasteiger partial charge in [0.1, 0.15) is 18.1 Å². The lowest BCUT2D eigenvalue weighted by atomic mass is 10.1. The Balaban J connectivity index is 1.32. The van der Waals surface area contributed by atoms with E-state index in [-0.39, 0.29) is 19.2 Å². The van der Waals surface area contributed by atoms with Gasteiger partial charge in [0.25, 0.3) is 0 Å². The maximum absolute atomic E-state index is 13.0. The van der Waals surface area contributed by atoms with Gasteiger partial charge in [0.15, 0.2) is 12.4 Å². The van der Waals surface area contributed by atoms with Crippen molar-refractivity contribution in [3.63, 3.8) is 0 Å². The smallest absolute Gasteiger partial charge is 0.246 e. The third-order valence-corrected chi connectivity index (χ3v) is 6.89. The number of aromatic nitrogens is 5. The van der Waals surface area contributed by atoms with E-state index in [0.29, 0.717) is 22.8 Å². The van der Waals surface area contributed by atoms with E-state index in [2.05, 4.69) is 20.5 Å². The van der Waals surface area contributed by atoms with Gasteiger partial charge in [-0.3, -0.25) is 4.79 Å². The maximum Gasteiger partial charge on any atom is 0.246 e. The van der Waals surface area contributed by atoms with E-state index in [1.165, 1.54) is 0 Å². The fourth-order valence-electron chi connectivity index (χ4n) is 4.47. The molecule has 0 fully saturated rings. The van der Waals surface area contributed by atoms with Gasteiger partial charge in [-0.15, -0.1) is 0 Å². The number of hydrogen-bond donors (Lipinski definition) is 1. The number of carbonyl (C=O) groups excluding carboxylic acids is 1. The highest BCUT2D eigenvalue weighted by atomic mass is 35.5. The molecule has 190 valence electrons. The van der Waals surface area contributed by atoms with Crippen molar-refractivity contribution >= 4 is 34.2 Å². The number of ether oxygens (including phenoxy) is 1. The standard InChI is InChI=1S/C27H27ClN6O3/c1-15-11-20(12-16(2)25(15)28)37-14-34-19(5)26(18(4)32-34)30-23(35)13-33-27-24(17(3)31-33)21(8-9-29-27)22-7-6-10-36-22/h6-12H,13-14H2,1-5H3,(H,30,35). The average molecular weight is 519 g/mol. The van der Waals surface area contributed by atoms with E-state index in [9.17, 15) is 4.79 Å². The minimum atomic E-state index is -0.231. The van der Waals surface area contributed by atoms with E-state index < -0.39 is 0 Å². The van der Waals surface area contributed by atoms with Crippen molar-refractivity contribution < 1.29 is 13.9 Å². The third kappa shape index (κ3) is 4.70. The van der Waals surface area contributed by atoms with Gasteiger partial charge in [-0.2, -0.15) is 10.2 Å². The molecule has 5 rings (SSSR count). The molecule has 1 amide bonds. The molecule has 0 atom stereocenters. The van der Waals surface area contributed by atoms with Crippen LogP contribution in [-0.2, 0) is 18.1 Å². The van der Waals surface area contributed by atoms with Crippen molar-refractivity contribution in [3.05, 3.63) is 76.0 Å². The van der Waals surface area contributed by atoms with Crippen molar-refractivity contribution in [2.24, 2.45) is 0 Å². The molecule has 4 heterocycles. The number of anilines is 1. The Labute approximate surface area is 219 Å². The molecule has 0 saturated heterocycles. The molecule has 5 aromatic rings. The number of halogens is 1. The summed E-state index contributed by atoms with van der Waals surface area (Å²) in [7, 11) is 0. The monoisotopic (exact) mass is 518 g/mol. The molecule has 0 aliphatic rings. The van der Waals surface area contributed by atoms with E-state index >= 15 is 0 Å². The van der Waals surface area contributed by atoms with Crippen LogP contribution in [0.3, 0.4) is 0 Å². The van der Waals surface area contributed by atoms with Crippen LogP contribution in [0.15, 0.2) is 47.2 Å². The SMILES string of the molecule is Cc1cc(OCn2nc(C)c(NC(=O)Cn3nc(C)c4c(-c5ccco5)ccnc43)c2C)cc(C)c1Cl. The zero-order valence-electron chi connectivity index (χ0n) is 21.3. The van der Waals surface area contributed by atoms with Crippen LogP contribution in [0.1, 0.15) is 28.2 Å². The number of amides is 1. The number of nitrogens with zero attached hydrogens (tertiary/aromatic N) is 5. The molecule has 0 aliphatic heterocycles. The first kappa shape index (κ1) is 24.6. The molecule has 0 aliphatic carbocycles. The maximum atomic E-state index is 13.0. The lowest BCUT2D eigenvalue weighted by molar-refractivity contribution is -0.116. The molecule has 0 radical (unpaired) electrons. The first-order valence-electron chi connectivity index (χ1n) is 11.8. The van der Waals surface area contributed by atoms with Gasteiger partial charge in [0, 0.05) is 16.8 Å². The van der Waals surface area contributed by atoms with Crippen LogP contribution < -0.4 is 10.1 Å². The lowest BCUT2D eigenvalue weighted by Gasteiger charge is -2.11. The zero-order chi connectivity index (χ0) is 26.3. The number of rotatable bonds is 7. The Morgan fingerprint density at radius 3 is 2.49 bits per heavy atom. The molecular weight excluding hydrogens is 492 g/mol. The predicted molar refractivity (Wildman–Crippen MR) is 142 cm³/mol. The summed E-state index contributed by atoms with van der Waals surface area (Å²) in [5.74, 6) is 1.20. The summed E-state index contributed by atoms with van der Waals surface area (Å²) in [6.45, 7) is 9.72. The Hall–Kier alpha value is -4.11. The third-order valence-electron chi connectivity index (χ3n) is 6.30. The molecule has 0 unspecified atom stereocenters. The molecule has 4 aromatic heterocycles. The summed E-state index contributed by atoms with van der Waals surface area (Å²) in [5.41, 5.74) is 6.30. The lowest BCUT2D eigenvalue weighted by Crippen LogP contribution is -2.20. The van der Waals surface area contributed by atoms with E-state index in [1.54, 1.807) is 21.8 Å². The molecular formula is C27H27ClN6O3. The van der Waals surface area contributed by atoms with Gasteiger partial charge in [-0.1, -0.05) is 11.6 Å². The number of hydrogen-bond acceptors (Lipinski definition) is 6. The summed E-state index contributed by atoms with van der Waals surface area (Å²) in [6, 6.07) is 9.40. The normalized spacial score (nSPS) is 11.3. The summed E-state index contributed by atoms with van der Waals surface area (Å²) >= 11 is 6.26. The van der Waals surface area contributed by atoms with E-state index in [1.807, 2.05) is 65.0 Å². The second-order valence-corrected chi connectivity index (χ2v) is 9.39. The Bertz CT molecular complexity index is 1590. The van der Waals surface area contributed by atoms with E-state index in [4.69, 9.17) is 20.8 Å². The van der Waals surface area contributed by atoms with Gasteiger partial charge in [0.2, 0.25) is 5.91 Å². The highest BCUT2D eigenvalue weighted by Gasteiger charge is 2.19. The largest absolute Gasteiger partial charge is 0.471 e. The number of nitrogens with one attached hydrogen (secondary N) is 1. The number of carbonyl (C=O) groups is 1. The van der Waals surface area contributed by atoms with Crippen LogP contribution in [0.5, 0.6) is 5.75 Å². The second-order valence-electron chi connectivity index (χ2n) is 9.02. The van der Waals surface area contributed by atoms with Gasteiger partial charge < -0.3 is 14.5 Å². The van der Waals surface area contributed by atoms with Gasteiger partial charge in [-0.25, -0.2) is 14.3 Å². The summed E-state index contributed by atoms with van der Waals surface area (Å²) < 4.78 is 14.9. The quantitative estimate of drug-likeness (QED) is 0.294. The van der Waals surface area contributed by atoms with Crippen molar-refractivity contribution in [1.82, 2.24) is 24.5 Å². The van der Waals surface area contributed by atoms with Crippen molar-refractivity contribution in [1.29, 1.82) is 0 Å². The Morgan fingerprint density at radius 1 is 1.05 bits per heavy atom. The first-order chi connectivity index (χ1) is 17.7. The fourth-order valence-corrected chi connectivity index (χ4v) is 4.58. The van der Waals surface area contributed by atoms with Crippen LogP contribution in [-0.4, -0.2) is 30.5 Å². The summed E-state index contributed by atoms with van der Waals surface area (Å²) in [6.07, 6.45) is 3.32. The van der Waals surface area contributed by atoms with Gasteiger partial charge >= 0.3 is 0 Å². The van der Waals surface area contributed by atoms with E-state index in [0.717, 1.165) is 44.2 Å². The highest BCUT2D eigenvalue weighted by Crippen LogP contribution is 2.30. The molecule has 37 heavy (non-hydrogen) atoms. The second kappa shape index (κ2) is 9.74. The Morgan fingerprint density at radius 2 is 1.78 bits per heavy atom. The zero-order valence-corrected chi connectivity index (χ0v) is 22.1. The van der Waals surface area contributed by atoms with Crippen LogP contribution in [0, 0.1) is 34.6 Å². The number of furan rings is 1. The number of pyridine rings is 1. The Kier molecular flexibility index (Phi) is 6.47. The van der Waals surface area contributed by atoms with Crippen LogP contribution in [0.25, 0.3) is 22.4 Å². The van der Waals surface area contributed by atoms with Gasteiger partial charge in [-0.05, 0) is 76.1 Å². The minimum Gasteiger partial charge on any atom is -0.471 e. The molecule has 10 heteroatoms. The van der Waals surface area contributed by atoms with Crippen molar-refractivity contribution in [3.8, 4) is 17.1 Å². The van der Waals surface area contributed by atoms with Gasteiger partial charge in [0.05, 0.1) is 34.4 Å². The molecule has 1 N–H and O–H groups in total. The fraction of sp³-hybridized carbons (Fsp3) is 0.259. The molecule has 0 bridgehead atoms.